The van der Waals surface area contributed by atoms with E-state index in [0.717, 1.165) is 25.7 Å². The Morgan fingerprint density at radius 3 is 2.47 bits per heavy atom. The van der Waals surface area contributed by atoms with Crippen molar-refractivity contribution in [2.75, 3.05) is 0 Å². The van der Waals surface area contributed by atoms with Gasteiger partial charge in [-0.2, -0.15) is 0 Å². The number of unbranched alkanes of at least 4 members (excludes halogenated alkanes) is 1. The minimum atomic E-state index is -0.696. The van der Waals surface area contributed by atoms with Crippen LogP contribution in [0.15, 0.2) is 24.3 Å². The molecule has 0 aromatic heterocycles. The largest absolute Gasteiger partial charge is 0.481 e. The van der Waals surface area contributed by atoms with Crippen LogP contribution in [0.5, 0.6) is 0 Å². The van der Waals surface area contributed by atoms with Gasteiger partial charge >= 0.3 is 5.97 Å². The summed E-state index contributed by atoms with van der Waals surface area (Å²) in [6.45, 7) is 2.15. The quantitative estimate of drug-likeness (QED) is 0.726. The van der Waals surface area contributed by atoms with Crippen LogP contribution in [-0.2, 0) is 17.6 Å². The highest BCUT2D eigenvalue weighted by molar-refractivity contribution is 5.66. The molecule has 1 N–H and O–H groups in total. The van der Waals surface area contributed by atoms with Crippen molar-refractivity contribution in [1.29, 1.82) is 0 Å². The van der Waals surface area contributed by atoms with Crippen LogP contribution in [0.25, 0.3) is 0 Å². The van der Waals surface area contributed by atoms with Gasteiger partial charge in [-0.25, -0.2) is 0 Å². The molecular formula is C13H18O2. The van der Waals surface area contributed by atoms with E-state index in [2.05, 4.69) is 25.1 Å². The Kier molecular flexibility index (Phi) is 4.88. The molecule has 2 heteroatoms. The van der Waals surface area contributed by atoms with Crippen LogP contribution < -0.4 is 0 Å². The first-order chi connectivity index (χ1) is 7.24. The maximum Gasteiger partial charge on any atom is 0.303 e. The number of hydrogen-bond donors (Lipinski definition) is 1. The van der Waals surface area contributed by atoms with Gasteiger partial charge in [0.1, 0.15) is 0 Å². The van der Waals surface area contributed by atoms with Crippen LogP contribution in [0.3, 0.4) is 0 Å². The molecule has 0 radical (unpaired) electrons. The van der Waals surface area contributed by atoms with Gasteiger partial charge in [0.05, 0.1) is 0 Å². The topological polar surface area (TPSA) is 37.3 Å². The Hall–Kier alpha value is -1.31. The molecule has 2 nitrogen and oxygen atoms in total. The lowest BCUT2D eigenvalue weighted by atomic mass is 10.00. The molecule has 0 spiro atoms. The van der Waals surface area contributed by atoms with E-state index >= 15 is 0 Å². The first-order valence-corrected chi connectivity index (χ1v) is 5.52. The van der Waals surface area contributed by atoms with Gasteiger partial charge in [-0.05, 0) is 36.8 Å². The fourth-order valence-electron chi connectivity index (χ4n) is 1.74. The number of aliphatic carboxylic acids is 1. The molecule has 0 atom stereocenters. The molecule has 0 aliphatic heterocycles. The lowest BCUT2D eigenvalue weighted by Gasteiger charge is -2.06. The molecule has 0 aliphatic carbocycles. The Labute approximate surface area is 90.9 Å². The number of rotatable bonds is 6. The minimum Gasteiger partial charge on any atom is -0.481 e. The van der Waals surface area contributed by atoms with Crippen molar-refractivity contribution in [3.05, 3.63) is 35.4 Å². The normalized spacial score (nSPS) is 10.2. The highest BCUT2D eigenvalue weighted by Gasteiger charge is 2.01. The average molecular weight is 206 g/mol. The van der Waals surface area contributed by atoms with E-state index in [1.165, 1.54) is 11.1 Å². The Morgan fingerprint density at radius 2 is 1.87 bits per heavy atom. The number of benzene rings is 1. The zero-order valence-corrected chi connectivity index (χ0v) is 9.20. The molecule has 0 fully saturated rings. The molecule has 1 aromatic rings. The first-order valence-electron chi connectivity index (χ1n) is 5.52. The molecule has 1 rings (SSSR count). The summed E-state index contributed by atoms with van der Waals surface area (Å²) < 4.78 is 0. The lowest BCUT2D eigenvalue weighted by Crippen LogP contribution is -1.96. The summed E-state index contributed by atoms with van der Waals surface area (Å²) in [6, 6.07) is 8.39. The SMILES string of the molecule is CCc1ccccc1CCCCC(=O)O. The summed E-state index contributed by atoms with van der Waals surface area (Å²) in [5, 5.41) is 8.51. The van der Waals surface area contributed by atoms with Crippen LogP contribution in [0.4, 0.5) is 0 Å². The number of hydrogen-bond acceptors (Lipinski definition) is 1. The third kappa shape index (κ3) is 4.15. The molecule has 0 saturated carbocycles. The molecule has 15 heavy (non-hydrogen) atoms. The van der Waals surface area contributed by atoms with Gasteiger partial charge in [-0.1, -0.05) is 31.2 Å². The Balaban J connectivity index is 2.39. The van der Waals surface area contributed by atoms with Crippen LogP contribution in [-0.4, -0.2) is 11.1 Å². The average Bonchev–Trinajstić information content (AvgIpc) is 2.24. The summed E-state index contributed by atoms with van der Waals surface area (Å²) >= 11 is 0. The monoisotopic (exact) mass is 206 g/mol. The second-order valence-corrected chi connectivity index (χ2v) is 3.72. The Morgan fingerprint density at radius 1 is 1.20 bits per heavy atom. The van der Waals surface area contributed by atoms with E-state index in [1.54, 1.807) is 0 Å². The van der Waals surface area contributed by atoms with Gasteiger partial charge in [-0.3, -0.25) is 4.79 Å². The van der Waals surface area contributed by atoms with Gasteiger partial charge in [0.2, 0.25) is 0 Å². The summed E-state index contributed by atoms with van der Waals surface area (Å²) in [6.07, 6.45) is 4.07. The molecule has 0 amide bonds. The van der Waals surface area contributed by atoms with Crippen LogP contribution in [0.2, 0.25) is 0 Å². The van der Waals surface area contributed by atoms with E-state index < -0.39 is 5.97 Å². The molecular weight excluding hydrogens is 188 g/mol. The van der Waals surface area contributed by atoms with Crippen molar-refractivity contribution in [2.24, 2.45) is 0 Å². The molecule has 0 saturated heterocycles. The molecule has 0 unspecified atom stereocenters. The van der Waals surface area contributed by atoms with Crippen molar-refractivity contribution in [1.82, 2.24) is 0 Å². The summed E-state index contributed by atoms with van der Waals surface area (Å²) in [5.41, 5.74) is 2.75. The highest BCUT2D eigenvalue weighted by atomic mass is 16.4. The van der Waals surface area contributed by atoms with Crippen LogP contribution in [0, 0.1) is 0 Å². The smallest absolute Gasteiger partial charge is 0.303 e. The van der Waals surface area contributed by atoms with Crippen LogP contribution >= 0.6 is 0 Å². The maximum absolute atomic E-state index is 10.3. The predicted molar refractivity (Wildman–Crippen MR) is 61.0 cm³/mol. The van der Waals surface area contributed by atoms with Gasteiger partial charge in [-0.15, -0.1) is 0 Å². The second-order valence-electron chi connectivity index (χ2n) is 3.72. The third-order valence-electron chi connectivity index (χ3n) is 2.59. The molecule has 0 aliphatic rings. The standard InChI is InChI=1S/C13H18O2/c1-2-11-7-3-4-8-12(11)9-5-6-10-13(14)15/h3-4,7-8H,2,5-6,9-10H2,1H3,(H,14,15). The van der Waals surface area contributed by atoms with Gasteiger partial charge in [0, 0.05) is 6.42 Å². The van der Waals surface area contributed by atoms with E-state index in [-0.39, 0.29) is 6.42 Å². The second kappa shape index (κ2) is 6.23. The predicted octanol–water partition coefficient (Wildman–Crippen LogP) is 3.05. The highest BCUT2D eigenvalue weighted by Crippen LogP contribution is 2.13. The summed E-state index contributed by atoms with van der Waals surface area (Å²) in [7, 11) is 0. The molecule has 82 valence electrons. The van der Waals surface area contributed by atoms with Gasteiger partial charge in [0.25, 0.3) is 0 Å². The number of carboxylic acid groups (broad SMARTS) is 1. The number of carbonyl (C=O) groups is 1. The number of aryl methyl sites for hydroxylation is 2. The fraction of sp³-hybridized carbons (Fsp3) is 0.462. The summed E-state index contributed by atoms with van der Waals surface area (Å²) in [4.78, 5) is 10.3. The minimum absolute atomic E-state index is 0.286. The first kappa shape index (κ1) is 11.8. The zero-order valence-electron chi connectivity index (χ0n) is 9.20. The maximum atomic E-state index is 10.3. The molecule has 0 bridgehead atoms. The van der Waals surface area contributed by atoms with Crippen LogP contribution in [0.1, 0.15) is 37.3 Å². The van der Waals surface area contributed by atoms with E-state index in [1.807, 2.05) is 6.07 Å². The van der Waals surface area contributed by atoms with Gasteiger partial charge in [0.15, 0.2) is 0 Å². The number of carboxylic acids is 1. The van der Waals surface area contributed by atoms with Crippen molar-refractivity contribution in [2.45, 2.75) is 39.0 Å². The van der Waals surface area contributed by atoms with Crippen molar-refractivity contribution in [3.8, 4) is 0 Å². The molecule has 1 aromatic carbocycles. The van der Waals surface area contributed by atoms with E-state index in [0.29, 0.717) is 0 Å². The summed E-state index contributed by atoms with van der Waals surface area (Å²) in [5.74, 6) is -0.696. The van der Waals surface area contributed by atoms with E-state index in [9.17, 15) is 4.79 Å². The Bertz CT molecular complexity index is 318. The van der Waals surface area contributed by atoms with Crippen molar-refractivity contribution >= 4 is 5.97 Å². The zero-order chi connectivity index (χ0) is 11.1. The van der Waals surface area contributed by atoms with E-state index in [4.69, 9.17) is 5.11 Å². The third-order valence-corrected chi connectivity index (χ3v) is 2.59. The fourth-order valence-corrected chi connectivity index (χ4v) is 1.74. The lowest BCUT2D eigenvalue weighted by molar-refractivity contribution is -0.137. The van der Waals surface area contributed by atoms with Crippen molar-refractivity contribution < 1.29 is 9.90 Å². The molecule has 0 heterocycles. The van der Waals surface area contributed by atoms with Crippen molar-refractivity contribution in [3.63, 3.8) is 0 Å². The van der Waals surface area contributed by atoms with Gasteiger partial charge < -0.3 is 5.11 Å².